The van der Waals surface area contributed by atoms with Crippen molar-refractivity contribution in [1.29, 1.82) is 0 Å². The number of aliphatic hydroxyl groups excluding tert-OH is 2. The number of nitrogens with one attached hydrogen (secondary N) is 1. The molecule has 1 unspecified atom stereocenters. The molecule has 0 radical (unpaired) electrons. The van der Waals surface area contributed by atoms with Crippen molar-refractivity contribution in [2.45, 2.75) is 31.8 Å². The summed E-state index contributed by atoms with van der Waals surface area (Å²) in [6.45, 7) is 1.81. The number of thioether (sulfide) groups is 1. The number of aliphatic hydroxyl groups is 2. The van der Waals surface area contributed by atoms with Crippen molar-refractivity contribution in [3.8, 4) is 0 Å². The third-order valence-electron chi connectivity index (χ3n) is 5.32. The van der Waals surface area contributed by atoms with Crippen LogP contribution in [0.25, 0.3) is 0 Å². The summed E-state index contributed by atoms with van der Waals surface area (Å²) in [5.41, 5.74) is 2.01. The van der Waals surface area contributed by atoms with Crippen LogP contribution < -0.4 is 5.32 Å². The van der Waals surface area contributed by atoms with E-state index in [9.17, 15) is 19.8 Å². The van der Waals surface area contributed by atoms with Gasteiger partial charge in [-0.1, -0.05) is 30.3 Å². The fourth-order valence-corrected chi connectivity index (χ4v) is 4.78. The number of nitrogens with zero attached hydrogens (tertiary/aromatic N) is 3. The van der Waals surface area contributed by atoms with Gasteiger partial charge in [-0.05, 0) is 11.1 Å². The molecule has 8 nitrogen and oxygen atoms in total. The van der Waals surface area contributed by atoms with E-state index in [2.05, 4.69) is 16.4 Å². The van der Waals surface area contributed by atoms with E-state index in [-0.39, 0.29) is 6.54 Å². The van der Waals surface area contributed by atoms with Crippen molar-refractivity contribution >= 4 is 23.6 Å². The molecule has 9 heteroatoms. The molecule has 4 rings (SSSR count). The van der Waals surface area contributed by atoms with Crippen molar-refractivity contribution in [2.24, 2.45) is 5.92 Å². The molecule has 3 N–H and O–H groups in total. The van der Waals surface area contributed by atoms with Gasteiger partial charge < -0.3 is 25.0 Å². The topological polar surface area (TPSA) is 108 Å². The van der Waals surface area contributed by atoms with Gasteiger partial charge in [-0.3, -0.25) is 9.59 Å². The summed E-state index contributed by atoms with van der Waals surface area (Å²) in [7, 11) is 0. The predicted molar refractivity (Wildman–Crippen MR) is 112 cm³/mol. The number of amides is 2. The minimum Gasteiger partial charge on any atom is -0.380 e. The molecular formula is C21H24N4O4S. The average Bonchev–Trinajstić information content (AvgIpc) is 3.51. The third-order valence-corrected chi connectivity index (χ3v) is 6.56. The molecule has 1 aromatic heterocycles. The zero-order valence-electron chi connectivity index (χ0n) is 16.3. The summed E-state index contributed by atoms with van der Waals surface area (Å²) in [5.74, 6) is -0.163. The highest BCUT2D eigenvalue weighted by Gasteiger charge is 2.35. The van der Waals surface area contributed by atoms with Crippen LogP contribution in [0.2, 0.25) is 0 Å². The molecule has 2 aromatic rings. The van der Waals surface area contributed by atoms with Gasteiger partial charge in [-0.15, -0.1) is 11.8 Å². The van der Waals surface area contributed by atoms with E-state index in [1.807, 2.05) is 35.0 Å². The molecule has 0 aliphatic carbocycles. The number of fused-ring (bicyclic) bond motifs is 1. The van der Waals surface area contributed by atoms with Gasteiger partial charge in [-0.25, -0.2) is 4.98 Å². The molecule has 0 saturated carbocycles. The van der Waals surface area contributed by atoms with Crippen molar-refractivity contribution in [2.75, 3.05) is 12.3 Å². The molecule has 0 fully saturated rings. The highest BCUT2D eigenvalue weighted by Crippen LogP contribution is 2.29. The van der Waals surface area contributed by atoms with Gasteiger partial charge in [0.25, 0.3) is 11.8 Å². The van der Waals surface area contributed by atoms with Gasteiger partial charge in [0.1, 0.15) is 0 Å². The quantitative estimate of drug-likeness (QED) is 0.593. The van der Waals surface area contributed by atoms with E-state index in [0.717, 1.165) is 28.3 Å². The lowest BCUT2D eigenvalue weighted by Crippen LogP contribution is -2.49. The van der Waals surface area contributed by atoms with E-state index >= 15 is 0 Å². The zero-order chi connectivity index (χ0) is 21.1. The largest absolute Gasteiger partial charge is 0.380 e. The number of imidazole rings is 1. The standard InChI is InChI=1S/C21H24N4O4S/c26-18(19(27)21(29)25-10-15-3-1-2-4-16(15)11-25)20(28)23-8-17-7-14(12-30-17)9-24-6-5-22-13-24/h1-7,13-14,18-19,26-27H,8-12H2,(H,23,28)/t14?,18-,19-/m1/s1. The first-order valence-corrected chi connectivity index (χ1v) is 10.8. The smallest absolute Gasteiger partial charge is 0.255 e. The number of carbonyl (C=O) groups excluding carboxylic acids is 2. The van der Waals surface area contributed by atoms with Crippen LogP contribution >= 0.6 is 11.8 Å². The number of aromatic nitrogens is 2. The lowest BCUT2D eigenvalue weighted by Gasteiger charge is -2.22. The van der Waals surface area contributed by atoms with Crippen molar-refractivity contribution in [1.82, 2.24) is 19.8 Å². The Morgan fingerprint density at radius 1 is 1.20 bits per heavy atom. The van der Waals surface area contributed by atoms with Gasteiger partial charge in [0.15, 0.2) is 12.2 Å². The summed E-state index contributed by atoms with van der Waals surface area (Å²) >= 11 is 1.65. The van der Waals surface area contributed by atoms with E-state index < -0.39 is 24.0 Å². The Balaban J connectivity index is 1.26. The van der Waals surface area contributed by atoms with Crippen LogP contribution in [0.5, 0.6) is 0 Å². The van der Waals surface area contributed by atoms with E-state index in [4.69, 9.17) is 0 Å². The summed E-state index contributed by atoms with van der Waals surface area (Å²) in [5, 5.41) is 23.0. The predicted octanol–water partition coefficient (Wildman–Crippen LogP) is 0.510. The van der Waals surface area contributed by atoms with Crippen LogP contribution in [-0.4, -0.2) is 61.0 Å². The summed E-state index contributed by atoms with van der Waals surface area (Å²) in [4.78, 5) is 31.3. The second kappa shape index (κ2) is 9.03. The molecule has 2 aliphatic rings. The molecule has 3 atom stereocenters. The molecular weight excluding hydrogens is 404 g/mol. The first-order valence-electron chi connectivity index (χ1n) is 9.80. The molecule has 158 valence electrons. The highest BCUT2D eigenvalue weighted by molar-refractivity contribution is 8.03. The Bertz CT molecular complexity index is 921. The molecule has 30 heavy (non-hydrogen) atoms. The lowest BCUT2D eigenvalue weighted by atomic mass is 10.1. The molecule has 0 bridgehead atoms. The van der Waals surface area contributed by atoms with Gasteiger partial charge in [0.05, 0.1) is 6.33 Å². The summed E-state index contributed by atoms with van der Waals surface area (Å²) < 4.78 is 2.01. The maximum atomic E-state index is 12.5. The molecule has 2 aliphatic heterocycles. The fraction of sp³-hybridized carbons (Fsp3) is 0.381. The Labute approximate surface area is 178 Å². The van der Waals surface area contributed by atoms with Crippen LogP contribution in [0.4, 0.5) is 0 Å². The van der Waals surface area contributed by atoms with E-state index in [1.54, 1.807) is 24.3 Å². The minimum absolute atomic E-state index is 0.261. The molecule has 2 amide bonds. The molecule has 1 aromatic carbocycles. The number of rotatable bonds is 7. The Hall–Kier alpha value is -2.62. The number of benzene rings is 1. The van der Waals surface area contributed by atoms with E-state index in [0.29, 0.717) is 19.0 Å². The molecule has 0 saturated heterocycles. The molecule has 3 heterocycles. The number of hydrogen-bond donors (Lipinski definition) is 3. The molecule has 0 spiro atoms. The summed E-state index contributed by atoms with van der Waals surface area (Å²) in [6, 6.07) is 7.62. The fourth-order valence-electron chi connectivity index (χ4n) is 3.69. The van der Waals surface area contributed by atoms with Crippen LogP contribution in [-0.2, 0) is 29.2 Å². The summed E-state index contributed by atoms with van der Waals surface area (Å²) in [6.07, 6.45) is 3.91. The van der Waals surface area contributed by atoms with Crippen LogP contribution in [0.3, 0.4) is 0 Å². The Morgan fingerprint density at radius 2 is 1.93 bits per heavy atom. The number of carbonyl (C=O) groups is 2. The SMILES string of the molecule is O=C(NCC1=CC(Cn2ccnc2)CS1)[C@H](O)[C@@H](O)C(=O)N1Cc2ccccc2C1. The van der Waals surface area contributed by atoms with Crippen LogP contribution in [0.1, 0.15) is 11.1 Å². The first kappa shape index (κ1) is 20.6. The van der Waals surface area contributed by atoms with Gasteiger partial charge in [0, 0.05) is 55.1 Å². The van der Waals surface area contributed by atoms with Crippen LogP contribution in [0, 0.1) is 5.92 Å². The maximum absolute atomic E-state index is 12.5. The highest BCUT2D eigenvalue weighted by atomic mass is 32.2. The van der Waals surface area contributed by atoms with Crippen molar-refractivity contribution < 1.29 is 19.8 Å². The van der Waals surface area contributed by atoms with Crippen molar-refractivity contribution in [3.05, 3.63) is 65.1 Å². The average molecular weight is 429 g/mol. The van der Waals surface area contributed by atoms with Crippen molar-refractivity contribution in [3.63, 3.8) is 0 Å². The normalized spacial score (nSPS) is 19.9. The number of hydrogen-bond acceptors (Lipinski definition) is 6. The second-order valence-corrected chi connectivity index (χ2v) is 8.68. The Kier molecular flexibility index (Phi) is 6.21. The second-order valence-electron chi connectivity index (χ2n) is 7.53. The van der Waals surface area contributed by atoms with E-state index in [1.165, 1.54) is 4.90 Å². The minimum atomic E-state index is -1.81. The van der Waals surface area contributed by atoms with Gasteiger partial charge >= 0.3 is 0 Å². The first-order chi connectivity index (χ1) is 14.5. The lowest BCUT2D eigenvalue weighted by molar-refractivity contribution is -0.153. The monoisotopic (exact) mass is 428 g/mol. The maximum Gasteiger partial charge on any atom is 0.255 e. The Morgan fingerprint density at radius 3 is 2.60 bits per heavy atom. The zero-order valence-corrected chi connectivity index (χ0v) is 17.2. The van der Waals surface area contributed by atoms with Crippen LogP contribution in [0.15, 0.2) is 54.0 Å². The van der Waals surface area contributed by atoms with Gasteiger partial charge in [0.2, 0.25) is 0 Å². The number of allylic oxidation sites excluding steroid dienone is 1. The third kappa shape index (κ3) is 4.58. The van der Waals surface area contributed by atoms with Gasteiger partial charge in [-0.2, -0.15) is 0 Å².